The Balaban J connectivity index is 2.29. The summed E-state index contributed by atoms with van der Waals surface area (Å²) in [6.45, 7) is 3.14. The fourth-order valence-electron chi connectivity index (χ4n) is 3.00. The number of methoxy groups -OCH3 is 1. The number of ether oxygens (including phenoxy) is 1. The summed E-state index contributed by atoms with van der Waals surface area (Å²) in [7, 11) is 5.21. The summed E-state index contributed by atoms with van der Waals surface area (Å²) in [6.07, 6.45) is 0. The predicted molar refractivity (Wildman–Crippen MR) is 112 cm³/mol. The van der Waals surface area contributed by atoms with Crippen LogP contribution in [0.1, 0.15) is 6.92 Å². The van der Waals surface area contributed by atoms with E-state index in [0.29, 0.717) is 33.7 Å². The fraction of sp³-hybridized carbons (Fsp3) is 0.368. The summed E-state index contributed by atoms with van der Waals surface area (Å²) in [4.78, 5) is 28.3. The monoisotopic (exact) mass is 425 g/mol. The van der Waals surface area contributed by atoms with Crippen molar-refractivity contribution >= 4 is 33.2 Å². The Morgan fingerprint density at radius 2 is 1.93 bits per heavy atom. The molecule has 0 fully saturated rings. The minimum atomic E-state index is -0.561. The van der Waals surface area contributed by atoms with E-state index in [1.54, 1.807) is 17.6 Å². The third-order valence-electron chi connectivity index (χ3n) is 4.50. The summed E-state index contributed by atoms with van der Waals surface area (Å²) in [5.41, 5.74) is 0.440. The lowest BCUT2D eigenvalue weighted by Crippen LogP contribution is -2.40. The first kappa shape index (κ1) is 20.6. The third kappa shape index (κ3) is 3.59. The van der Waals surface area contributed by atoms with Crippen molar-refractivity contribution in [2.75, 3.05) is 27.7 Å². The Morgan fingerprint density at radius 3 is 2.54 bits per heavy atom. The number of halogens is 2. The lowest BCUT2D eigenvalue weighted by Gasteiger charge is -2.14. The van der Waals surface area contributed by atoms with Gasteiger partial charge in [-0.05, 0) is 39.2 Å². The quantitative estimate of drug-likeness (QED) is 0.608. The molecule has 0 saturated heterocycles. The molecule has 0 amide bonds. The van der Waals surface area contributed by atoms with Gasteiger partial charge in [0.2, 0.25) is 0 Å². The van der Waals surface area contributed by atoms with Crippen molar-refractivity contribution in [1.82, 2.24) is 14.0 Å². The number of hydrogen-bond acceptors (Lipinski definition) is 5. The Hall–Kier alpha value is -2.16. The average Bonchev–Trinajstić information content (AvgIpc) is 3.07. The number of nitrogens with zero attached hydrogens (tertiary/aromatic N) is 3. The maximum atomic E-state index is 13.9. The van der Waals surface area contributed by atoms with E-state index in [1.807, 2.05) is 19.0 Å². The molecule has 0 saturated carbocycles. The highest BCUT2D eigenvalue weighted by atomic mass is 35.5. The molecular weight excluding hydrogens is 405 g/mol. The number of rotatable bonds is 6. The van der Waals surface area contributed by atoms with Gasteiger partial charge in [0.05, 0.1) is 17.6 Å². The van der Waals surface area contributed by atoms with E-state index in [1.165, 1.54) is 35.1 Å². The molecule has 0 bridgehead atoms. The topological polar surface area (TPSA) is 56.5 Å². The normalized spacial score (nSPS) is 11.5. The van der Waals surface area contributed by atoms with Crippen LogP contribution in [0.5, 0.6) is 5.75 Å². The molecule has 0 aliphatic heterocycles. The minimum Gasteiger partial charge on any atom is -0.494 e. The molecule has 6 nitrogen and oxygen atoms in total. The average molecular weight is 426 g/mol. The van der Waals surface area contributed by atoms with Crippen LogP contribution >= 0.6 is 22.9 Å². The van der Waals surface area contributed by atoms with Crippen molar-refractivity contribution in [3.05, 3.63) is 49.9 Å². The molecule has 0 radical (unpaired) electrons. The Labute approximate surface area is 170 Å². The third-order valence-corrected chi connectivity index (χ3v) is 5.96. The number of benzene rings is 1. The van der Waals surface area contributed by atoms with Gasteiger partial charge >= 0.3 is 5.69 Å². The zero-order valence-corrected chi connectivity index (χ0v) is 17.7. The summed E-state index contributed by atoms with van der Waals surface area (Å²) in [6, 6.07) is 4.45. The molecule has 2 heterocycles. The van der Waals surface area contributed by atoms with Crippen LogP contribution in [-0.4, -0.2) is 41.8 Å². The predicted octanol–water partition coefficient (Wildman–Crippen LogP) is 3.27. The van der Waals surface area contributed by atoms with E-state index in [-0.39, 0.29) is 28.6 Å². The highest BCUT2D eigenvalue weighted by molar-refractivity contribution is 7.22. The maximum Gasteiger partial charge on any atom is 0.331 e. The zero-order valence-electron chi connectivity index (χ0n) is 16.1. The zero-order chi connectivity index (χ0) is 20.6. The Bertz CT molecular complexity index is 1150. The summed E-state index contributed by atoms with van der Waals surface area (Å²) in [5, 5.41) is 0.211. The van der Waals surface area contributed by atoms with E-state index in [4.69, 9.17) is 16.3 Å². The second-order valence-electron chi connectivity index (χ2n) is 6.58. The van der Waals surface area contributed by atoms with Gasteiger partial charge in [0.15, 0.2) is 11.6 Å². The number of likely N-dealkylation sites (N-methyl/N-ethyl adjacent to an activating group) is 1. The van der Waals surface area contributed by atoms with Gasteiger partial charge in [0.1, 0.15) is 4.70 Å². The first-order chi connectivity index (χ1) is 13.3. The Morgan fingerprint density at radius 1 is 1.21 bits per heavy atom. The van der Waals surface area contributed by atoms with Crippen molar-refractivity contribution < 1.29 is 9.13 Å². The van der Waals surface area contributed by atoms with Crippen molar-refractivity contribution in [3.63, 3.8) is 0 Å². The summed E-state index contributed by atoms with van der Waals surface area (Å²) in [5.74, 6) is -0.499. The lowest BCUT2D eigenvalue weighted by atomic mass is 10.1. The van der Waals surface area contributed by atoms with E-state index in [9.17, 15) is 14.0 Å². The van der Waals surface area contributed by atoms with Crippen LogP contribution in [0.4, 0.5) is 4.39 Å². The standard InChI is InChI=1S/C19H21ClFN3O3S/c1-5-23-18(25)17-14(24(19(23)26)7-6-22(2)3)10-16(28-17)11-8-15(27-4)13(21)9-12(11)20/h8-10H,5-7H2,1-4H3. The van der Waals surface area contributed by atoms with Crippen LogP contribution in [0.25, 0.3) is 20.7 Å². The molecule has 0 unspecified atom stereocenters. The molecule has 0 aliphatic rings. The van der Waals surface area contributed by atoms with E-state index < -0.39 is 5.82 Å². The smallest absolute Gasteiger partial charge is 0.331 e. The number of aromatic nitrogens is 2. The second kappa shape index (κ2) is 8.06. The van der Waals surface area contributed by atoms with E-state index >= 15 is 0 Å². The van der Waals surface area contributed by atoms with Gasteiger partial charge in [-0.3, -0.25) is 13.9 Å². The molecule has 9 heteroatoms. The lowest BCUT2D eigenvalue weighted by molar-refractivity contribution is 0.379. The highest BCUT2D eigenvalue weighted by Gasteiger charge is 2.19. The maximum absolute atomic E-state index is 13.9. The molecular formula is C19H21ClFN3O3S. The summed E-state index contributed by atoms with van der Waals surface area (Å²) >= 11 is 7.48. The molecule has 1 aromatic carbocycles. The second-order valence-corrected chi connectivity index (χ2v) is 8.04. The van der Waals surface area contributed by atoms with Gasteiger partial charge in [-0.1, -0.05) is 11.6 Å². The molecule has 28 heavy (non-hydrogen) atoms. The molecule has 0 spiro atoms. The first-order valence-electron chi connectivity index (χ1n) is 8.73. The number of thiophene rings is 1. The van der Waals surface area contributed by atoms with Crippen LogP contribution in [0.2, 0.25) is 5.02 Å². The molecule has 3 aromatic rings. The Kier molecular flexibility index (Phi) is 5.92. The van der Waals surface area contributed by atoms with Crippen LogP contribution < -0.4 is 16.0 Å². The van der Waals surface area contributed by atoms with Gasteiger partial charge in [-0.2, -0.15) is 0 Å². The summed E-state index contributed by atoms with van der Waals surface area (Å²) < 4.78 is 22.2. The SMILES string of the molecule is CCn1c(=O)c2sc(-c3cc(OC)c(F)cc3Cl)cc2n(CCN(C)C)c1=O. The van der Waals surface area contributed by atoms with Gasteiger partial charge < -0.3 is 9.64 Å². The minimum absolute atomic E-state index is 0.0628. The van der Waals surface area contributed by atoms with Crippen molar-refractivity contribution in [2.24, 2.45) is 0 Å². The molecule has 3 rings (SSSR count). The molecule has 0 N–H and O–H groups in total. The van der Waals surface area contributed by atoms with Crippen molar-refractivity contribution in [2.45, 2.75) is 20.0 Å². The van der Waals surface area contributed by atoms with Crippen LogP contribution in [0, 0.1) is 5.82 Å². The van der Waals surface area contributed by atoms with Crippen molar-refractivity contribution in [3.8, 4) is 16.2 Å². The van der Waals surface area contributed by atoms with Gasteiger partial charge in [-0.15, -0.1) is 11.3 Å². The first-order valence-corrected chi connectivity index (χ1v) is 9.93. The van der Waals surface area contributed by atoms with E-state index in [0.717, 1.165) is 0 Å². The number of fused-ring (bicyclic) bond motifs is 1. The molecule has 150 valence electrons. The number of hydrogen-bond donors (Lipinski definition) is 0. The van der Waals surface area contributed by atoms with Crippen LogP contribution in [0.3, 0.4) is 0 Å². The van der Waals surface area contributed by atoms with Gasteiger partial charge in [0, 0.05) is 30.1 Å². The fourth-order valence-corrected chi connectivity index (χ4v) is 4.44. The van der Waals surface area contributed by atoms with Gasteiger partial charge in [0.25, 0.3) is 5.56 Å². The van der Waals surface area contributed by atoms with E-state index in [2.05, 4.69) is 0 Å². The molecule has 2 aromatic heterocycles. The highest BCUT2D eigenvalue weighted by Crippen LogP contribution is 2.38. The molecule has 0 aliphatic carbocycles. The largest absolute Gasteiger partial charge is 0.494 e. The van der Waals surface area contributed by atoms with Crippen molar-refractivity contribution in [1.29, 1.82) is 0 Å². The van der Waals surface area contributed by atoms with Crippen LogP contribution in [0.15, 0.2) is 27.8 Å². The van der Waals surface area contributed by atoms with Gasteiger partial charge in [-0.25, -0.2) is 9.18 Å². The van der Waals surface area contributed by atoms with Crippen LogP contribution in [-0.2, 0) is 13.1 Å². The molecule has 0 atom stereocenters.